The van der Waals surface area contributed by atoms with Gasteiger partial charge in [0.1, 0.15) is 5.78 Å². The molecule has 3 fully saturated rings. The summed E-state index contributed by atoms with van der Waals surface area (Å²) in [5.41, 5.74) is 0.0210. The number of rotatable bonds is 0. The molecule has 0 radical (unpaired) electrons. The largest absolute Gasteiger partial charge is 0.348 e. The quantitative estimate of drug-likeness (QED) is 0.665. The van der Waals surface area contributed by atoms with E-state index >= 15 is 0 Å². The van der Waals surface area contributed by atoms with Gasteiger partial charge in [-0.3, -0.25) is 4.79 Å². The molecule has 1 aliphatic heterocycles. The van der Waals surface area contributed by atoms with Gasteiger partial charge in [0.05, 0.1) is 13.2 Å². The second kappa shape index (κ2) is 3.80. The molecule has 2 atom stereocenters. The molecular formula is C15H24O3. The van der Waals surface area contributed by atoms with Crippen LogP contribution in [0.3, 0.4) is 0 Å². The number of Topliss-reactive ketones (excluding diaryl/α,β-unsaturated/α-hetero) is 1. The third-order valence-corrected chi connectivity index (χ3v) is 5.65. The smallest absolute Gasteiger partial charge is 0.169 e. The van der Waals surface area contributed by atoms with Gasteiger partial charge in [-0.1, -0.05) is 20.8 Å². The maximum absolute atomic E-state index is 12.2. The summed E-state index contributed by atoms with van der Waals surface area (Å²) in [4.78, 5) is 12.2. The molecule has 0 aromatic carbocycles. The highest BCUT2D eigenvalue weighted by molar-refractivity contribution is 5.85. The predicted molar refractivity (Wildman–Crippen MR) is 68.1 cm³/mol. The predicted octanol–water partition coefficient (Wildman–Crippen LogP) is 2.93. The first kappa shape index (κ1) is 12.6. The van der Waals surface area contributed by atoms with Gasteiger partial charge in [-0.15, -0.1) is 0 Å². The summed E-state index contributed by atoms with van der Waals surface area (Å²) in [6.45, 7) is 8.04. The monoisotopic (exact) mass is 252 g/mol. The number of hydrogen-bond donors (Lipinski definition) is 0. The molecule has 18 heavy (non-hydrogen) atoms. The van der Waals surface area contributed by atoms with Gasteiger partial charge in [0, 0.05) is 24.7 Å². The molecule has 3 rings (SSSR count). The van der Waals surface area contributed by atoms with Gasteiger partial charge in [0.15, 0.2) is 5.79 Å². The van der Waals surface area contributed by atoms with Crippen molar-refractivity contribution in [1.29, 1.82) is 0 Å². The zero-order valence-electron chi connectivity index (χ0n) is 11.8. The van der Waals surface area contributed by atoms with Crippen molar-refractivity contribution >= 4 is 5.78 Å². The SMILES string of the molecule is CC1(C)C(=O)CC[C@]2(C)CC3(CC[C@@H]12)OCCO3. The molecule has 102 valence electrons. The molecule has 1 spiro atoms. The maximum Gasteiger partial charge on any atom is 0.169 e. The van der Waals surface area contributed by atoms with Crippen molar-refractivity contribution in [3.63, 3.8) is 0 Å². The van der Waals surface area contributed by atoms with Crippen molar-refractivity contribution in [2.75, 3.05) is 13.2 Å². The highest BCUT2D eigenvalue weighted by Crippen LogP contribution is 2.59. The lowest BCUT2D eigenvalue weighted by Gasteiger charge is -2.56. The summed E-state index contributed by atoms with van der Waals surface area (Å²) in [7, 11) is 0. The molecular weight excluding hydrogens is 228 g/mol. The highest BCUT2D eigenvalue weighted by atomic mass is 16.7. The van der Waals surface area contributed by atoms with Gasteiger partial charge in [0.25, 0.3) is 0 Å². The van der Waals surface area contributed by atoms with Crippen LogP contribution in [0, 0.1) is 16.7 Å². The number of ketones is 1. The lowest BCUT2D eigenvalue weighted by molar-refractivity contribution is -0.226. The summed E-state index contributed by atoms with van der Waals surface area (Å²) in [6, 6.07) is 0. The van der Waals surface area contributed by atoms with E-state index in [0.29, 0.717) is 11.7 Å². The van der Waals surface area contributed by atoms with E-state index in [1.54, 1.807) is 0 Å². The van der Waals surface area contributed by atoms with Crippen LogP contribution < -0.4 is 0 Å². The Bertz CT molecular complexity index is 368. The van der Waals surface area contributed by atoms with Crippen molar-refractivity contribution in [2.45, 2.75) is 58.7 Å². The topological polar surface area (TPSA) is 35.5 Å². The van der Waals surface area contributed by atoms with Crippen molar-refractivity contribution in [3.05, 3.63) is 0 Å². The molecule has 3 heteroatoms. The zero-order valence-corrected chi connectivity index (χ0v) is 11.8. The van der Waals surface area contributed by atoms with Crippen LogP contribution in [-0.4, -0.2) is 24.8 Å². The Morgan fingerprint density at radius 1 is 1.11 bits per heavy atom. The second-order valence-corrected chi connectivity index (χ2v) is 7.17. The fraction of sp³-hybridized carbons (Fsp3) is 0.933. The molecule has 1 saturated heterocycles. The van der Waals surface area contributed by atoms with Gasteiger partial charge in [-0.05, 0) is 24.2 Å². The van der Waals surface area contributed by atoms with Crippen LogP contribution in [0.2, 0.25) is 0 Å². The summed E-state index contributed by atoms with van der Waals surface area (Å²) >= 11 is 0. The minimum atomic E-state index is -0.332. The standard InChI is InChI=1S/C15H24O3/c1-13(2)11-4-7-15(17-8-9-18-15)10-14(11,3)6-5-12(13)16/h11H,4-10H2,1-3H3/t11-,14+/m0/s1. The van der Waals surface area contributed by atoms with Gasteiger partial charge in [0.2, 0.25) is 0 Å². The Kier molecular flexibility index (Phi) is 2.66. The number of fused-ring (bicyclic) bond motifs is 1. The normalized spacial score (nSPS) is 41.9. The van der Waals surface area contributed by atoms with E-state index in [1.807, 2.05) is 0 Å². The fourth-order valence-electron chi connectivity index (χ4n) is 4.69. The molecule has 2 aliphatic carbocycles. The molecule has 0 amide bonds. The third-order valence-electron chi connectivity index (χ3n) is 5.65. The van der Waals surface area contributed by atoms with Crippen LogP contribution in [0.1, 0.15) is 52.9 Å². The molecule has 2 saturated carbocycles. The minimum Gasteiger partial charge on any atom is -0.348 e. The zero-order chi connectivity index (χ0) is 13.0. The van der Waals surface area contributed by atoms with Gasteiger partial charge in [-0.2, -0.15) is 0 Å². The molecule has 0 bridgehead atoms. The van der Waals surface area contributed by atoms with Crippen molar-refractivity contribution in [3.8, 4) is 0 Å². The Morgan fingerprint density at radius 3 is 2.44 bits per heavy atom. The van der Waals surface area contributed by atoms with Crippen LogP contribution in [0.4, 0.5) is 0 Å². The Labute approximate surface area is 109 Å². The summed E-state index contributed by atoms with van der Waals surface area (Å²) in [5, 5.41) is 0. The first-order valence-electron chi connectivity index (χ1n) is 7.19. The maximum atomic E-state index is 12.2. The van der Waals surface area contributed by atoms with E-state index in [1.165, 1.54) is 0 Å². The van der Waals surface area contributed by atoms with Gasteiger partial charge >= 0.3 is 0 Å². The Morgan fingerprint density at radius 2 is 1.78 bits per heavy atom. The van der Waals surface area contributed by atoms with Crippen LogP contribution in [-0.2, 0) is 14.3 Å². The van der Waals surface area contributed by atoms with Crippen molar-refractivity contribution in [2.24, 2.45) is 16.7 Å². The molecule has 0 aromatic heterocycles. The molecule has 0 unspecified atom stereocenters. The molecule has 1 heterocycles. The van der Waals surface area contributed by atoms with E-state index in [2.05, 4.69) is 20.8 Å². The number of carbonyl (C=O) groups is 1. The van der Waals surface area contributed by atoms with E-state index in [0.717, 1.165) is 45.3 Å². The van der Waals surface area contributed by atoms with E-state index < -0.39 is 0 Å². The Hall–Kier alpha value is -0.410. The van der Waals surface area contributed by atoms with E-state index in [4.69, 9.17) is 9.47 Å². The average Bonchev–Trinajstić information content (AvgIpc) is 2.72. The summed E-state index contributed by atoms with van der Waals surface area (Å²) in [6.07, 6.45) is 4.67. The first-order chi connectivity index (χ1) is 8.38. The van der Waals surface area contributed by atoms with Crippen LogP contribution in [0.5, 0.6) is 0 Å². The molecule has 3 aliphatic rings. The summed E-state index contributed by atoms with van der Waals surface area (Å²) in [5.74, 6) is 0.584. The summed E-state index contributed by atoms with van der Waals surface area (Å²) < 4.78 is 11.8. The number of ether oxygens (including phenoxy) is 2. The first-order valence-corrected chi connectivity index (χ1v) is 7.19. The second-order valence-electron chi connectivity index (χ2n) is 7.17. The van der Waals surface area contributed by atoms with Crippen molar-refractivity contribution < 1.29 is 14.3 Å². The van der Waals surface area contributed by atoms with Crippen molar-refractivity contribution in [1.82, 2.24) is 0 Å². The highest BCUT2D eigenvalue weighted by Gasteiger charge is 2.58. The van der Waals surface area contributed by atoms with E-state index in [-0.39, 0.29) is 16.6 Å². The fourth-order valence-corrected chi connectivity index (χ4v) is 4.69. The minimum absolute atomic E-state index is 0.173. The van der Waals surface area contributed by atoms with Gasteiger partial charge < -0.3 is 9.47 Å². The van der Waals surface area contributed by atoms with Crippen LogP contribution in [0.25, 0.3) is 0 Å². The van der Waals surface area contributed by atoms with E-state index in [9.17, 15) is 4.79 Å². The lowest BCUT2D eigenvalue weighted by Crippen LogP contribution is -2.55. The third kappa shape index (κ3) is 1.67. The lowest BCUT2D eigenvalue weighted by atomic mass is 9.50. The molecule has 0 aromatic rings. The van der Waals surface area contributed by atoms with Crippen LogP contribution >= 0.6 is 0 Å². The number of hydrogen-bond acceptors (Lipinski definition) is 3. The number of carbonyl (C=O) groups excluding carboxylic acids is 1. The molecule has 0 N–H and O–H groups in total. The molecule has 3 nitrogen and oxygen atoms in total. The van der Waals surface area contributed by atoms with Crippen LogP contribution in [0.15, 0.2) is 0 Å². The van der Waals surface area contributed by atoms with Gasteiger partial charge in [-0.25, -0.2) is 0 Å². The average molecular weight is 252 g/mol. The Balaban J connectivity index is 1.88.